The fraction of sp³-hybridized carbons (Fsp3) is 0.222. The van der Waals surface area contributed by atoms with Crippen molar-refractivity contribution in [3.05, 3.63) is 47.0 Å². The highest BCUT2D eigenvalue weighted by molar-refractivity contribution is 6.30. The third-order valence-electron chi connectivity index (χ3n) is 3.49. The van der Waals surface area contributed by atoms with E-state index in [1.165, 1.54) is 6.21 Å². The lowest BCUT2D eigenvalue weighted by molar-refractivity contribution is -0.119. The third kappa shape index (κ3) is 4.58. The first-order valence-electron chi connectivity index (χ1n) is 8.03. The molecule has 0 unspecified atom stereocenters. The molecule has 0 radical (unpaired) electrons. The maximum Gasteiger partial charge on any atom is 0.259 e. The molecule has 1 aliphatic heterocycles. The van der Waals surface area contributed by atoms with Gasteiger partial charge in [0.25, 0.3) is 5.91 Å². The number of carbonyl (C=O) groups excluding carboxylic acids is 1. The van der Waals surface area contributed by atoms with Crippen LogP contribution in [-0.2, 0) is 4.79 Å². The number of fused-ring (bicyclic) bond motifs is 1. The number of hydrazone groups is 1. The van der Waals surface area contributed by atoms with Gasteiger partial charge in [0, 0.05) is 22.3 Å². The largest absolute Gasteiger partial charge is 0.493 e. The number of hydrogen-bond acceptors (Lipinski definition) is 6. The van der Waals surface area contributed by atoms with Crippen molar-refractivity contribution in [3.63, 3.8) is 0 Å². The Labute approximate surface area is 155 Å². The Bertz CT molecular complexity index is 826. The predicted molar refractivity (Wildman–Crippen MR) is 99.4 cm³/mol. The van der Waals surface area contributed by atoms with Crippen LogP contribution in [0.1, 0.15) is 12.5 Å². The number of nitrogens with zero attached hydrogens (tertiary/aromatic N) is 1. The van der Waals surface area contributed by atoms with E-state index in [0.29, 0.717) is 34.4 Å². The zero-order chi connectivity index (χ0) is 18.4. The van der Waals surface area contributed by atoms with Crippen LogP contribution >= 0.6 is 11.6 Å². The van der Waals surface area contributed by atoms with Crippen LogP contribution in [0.5, 0.6) is 17.2 Å². The van der Waals surface area contributed by atoms with Crippen LogP contribution in [-0.4, -0.2) is 32.1 Å². The maximum atomic E-state index is 11.9. The van der Waals surface area contributed by atoms with E-state index in [4.69, 9.17) is 25.8 Å². The minimum Gasteiger partial charge on any atom is -0.493 e. The normalized spacial score (nSPS) is 12.2. The fourth-order valence-electron chi connectivity index (χ4n) is 2.31. The van der Waals surface area contributed by atoms with Crippen molar-refractivity contribution in [1.29, 1.82) is 0 Å². The zero-order valence-corrected chi connectivity index (χ0v) is 14.9. The lowest BCUT2D eigenvalue weighted by atomic mass is 10.2. The first-order valence-corrected chi connectivity index (χ1v) is 8.41. The summed E-state index contributed by atoms with van der Waals surface area (Å²) in [4.78, 5) is 11.9. The number of hydrogen-bond donors (Lipinski definition) is 2. The minimum absolute atomic E-state index is 0.0604. The van der Waals surface area contributed by atoms with Gasteiger partial charge in [-0.05, 0) is 37.3 Å². The summed E-state index contributed by atoms with van der Waals surface area (Å²) >= 11 is 5.98. The van der Waals surface area contributed by atoms with Gasteiger partial charge in [0.2, 0.25) is 6.79 Å². The number of ether oxygens (including phenoxy) is 3. The van der Waals surface area contributed by atoms with Gasteiger partial charge < -0.3 is 19.5 Å². The molecule has 0 saturated heterocycles. The molecule has 2 aromatic rings. The Kier molecular flexibility index (Phi) is 5.80. The first-order chi connectivity index (χ1) is 12.7. The molecule has 1 aliphatic rings. The standard InChI is InChI=1S/C18H18ClN3O4/c1-2-24-15-5-3-13(19)7-12(15)9-21-22-18(23)10-20-14-4-6-16-17(8-14)26-11-25-16/h3-9,20H,2,10-11H2,1H3,(H,22,23)/b21-9-. The van der Waals surface area contributed by atoms with E-state index >= 15 is 0 Å². The minimum atomic E-state index is -0.293. The van der Waals surface area contributed by atoms with Gasteiger partial charge in [-0.15, -0.1) is 0 Å². The lowest BCUT2D eigenvalue weighted by Gasteiger charge is -2.07. The molecule has 0 saturated carbocycles. The first kappa shape index (κ1) is 17.9. The molecule has 0 spiro atoms. The van der Waals surface area contributed by atoms with E-state index < -0.39 is 0 Å². The van der Waals surface area contributed by atoms with Crippen molar-refractivity contribution in [2.45, 2.75) is 6.92 Å². The molecule has 0 bridgehead atoms. The number of nitrogens with one attached hydrogen (secondary N) is 2. The topological polar surface area (TPSA) is 81.2 Å². The van der Waals surface area contributed by atoms with E-state index in [9.17, 15) is 4.79 Å². The second-order valence-electron chi connectivity index (χ2n) is 5.33. The van der Waals surface area contributed by atoms with Gasteiger partial charge in [0.05, 0.1) is 19.4 Å². The van der Waals surface area contributed by atoms with Gasteiger partial charge in [-0.1, -0.05) is 11.6 Å². The maximum absolute atomic E-state index is 11.9. The van der Waals surface area contributed by atoms with Crippen molar-refractivity contribution >= 4 is 29.4 Å². The Hall–Kier alpha value is -2.93. The Morgan fingerprint density at radius 3 is 2.96 bits per heavy atom. The predicted octanol–water partition coefficient (Wildman–Crippen LogP) is 3.03. The molecule has 2 N–H and O–H groups in total. The summed E-state index contributed by atoms with van der Waals surface area (Å²) in [6.45, 7) is 2.68. The average molecular weight is 376 g/mol. The SMILES string of the molecule is CCOc1ccc(Cl)cc1/C=N\NC(=O)CNc1ccc2c(c1)OCO2. The van der Waals surface area contributed by atoms with Gasteiger partial charge >= 0.3 is 0 Å². The molecule has 7 nitrogen and oxygen atoms in total. The molecule has 136 valence electrons. The molecule has 0 fully saturated rings. The van der Waals surface area contributed by atoms with Crippen molar-refractivity contribution in [2.24, 2.45) is 5.10 Å². The van der Waals surface area contributed by atoms with Crippen LogP contribution in [0.3, 0.4) is 0 Å². The molecule has 26 heavy (non-hydrogen) atoms. The molecule has 0 atom stereocenters. The van der Waals surface area contributed by atoms with Crippen LogP contribution in [0, 0.1) is 0 Å². The van der Waals surface area contributed by atoms with Gasteiger partial charge in [-0.2, -0.15) is 5.10 Å². The van der Waals surface area contributed by atoms with Crippen LogP contribution in [0.25, 0.3) is 0 Å². The van der Waals surface area contributed by atoms with Gasteiger partial charge in [-0.3, -0.25) is 4.79 Å². The van der Waals surface area contributed by atoms with Crippen LogP contribution in [0.2, 0.25) is 5.02 Å². The zero-order valence-electron chi connectivity index (χ0n) is 14.1. The van der Waals surface area contributed by atoms with E-state index in [2.05, 4.69) is 15.8 Å². The lowest BCUT2D eigenvalue weighted by Crippen LogP contribution is -2.25. The second kappa shape index (κ2) is 8.44. The summed E-state index contributed by atoms with van der Waals surface area (Å²) in [6.07, 6.45) is 1.50. The fourth-order valence-corrected chi connectivity index (χ4v) is 2.49. The molecule has 0 aliphatic carbocycles. The molecule has 8 heteroatoms. The number of rotatable bonds is 7. The average Bonchev–Trinajstić information content (AvgIpc) is 3.10. The second-order valence-corrected chi connectivity index (χ2v) is 5.77. The van der Waals surface area contributed by atoms with Crippen LogP contribution in [0.4, 0.5) is 5.69 Å². The summed E-state index contributed by atoms with van der Waals surface area (Å²) in [6, 6.07) is 10.6. The smallest absolute Gasteiger partial charge is 0.259 e. The number of anilines is 1. The van der Waals surface area contributed by atoms with Crippen molar-refractivity contribution < 1.29 is 19.0 Å². The van der Waals surface area contributed by atoms with Gasteiger partial charge in [0.15, 0.2) is 11.5 Å². The summed E-state index contributed by atoms with van der Waals surface area (Å²) < 4.78 is 16.0. The van der Waals surface area contributed by atoms with E-state index in [-0.39, 0.29) is 19.2 Å². The number of benzene rings is 2. The van der Waals surface area contributed by atoms with Gasteiger partial charge in [0.1, 0.15) is 5.75 Å². The Balaban J connectivity index is 1.52. The molecular formula is C18H18ClN3O4. The van der Waals surface area contributed by atoms with E-state index in [0.717, 1.165) is 5.69 Å². The van der Waals surface area contributed by atoms with Crippen molar-refractivity contribution in [3.8, 4) is 17.2 Å². The summed E-state index contributed by atoms with van der Waals surface area (Å²) in [5, 5.41) is 7.50. The third-order valence-corrected chi connectivity index (χ3v) is 3.73. The summed E-state index contributed by atoms with van der Waals surface area (Å²) in [5.41, 5.74) is 3.89. The quantitative estimate of drug-likeness (QED) is 0.574. The molecule has 1 heterocycles. The van der Waals surface area contributed by atoms with Crippen molar-refractivity contribution in [2.75, 3.05) is 25.3 Å². The summed E-state index contributed by atoms with van der Waals surface area (Å²) in [7, 11) is 0. The Morgan fingerprint density at radius 2 is 2.12 bits per heavy atom. The molecule has 2 aromatic carbocycles. The highest BCUT2D eigenvalue weighted by Gasteiger charge is 2.13. The van der Waals surface area contributed by atoms with Crippen LogP contribution in [0.15, 0.2) is 41.5 Å². The van der Waals surface area contributed by atoms with E-state index in [1.807, 2.05) is 13.0 Å². The molecule has 1 amide bonds. The number of amides is 1. The molecular weight excluding hydrogens is 358 g/mol. The van der Waals surface area contributed by atoms with E-state index in [1.54, 1.807) is 30.3 Å². The van der Waals surface area contributed by atoms with Gasteiger partial charge in [-0.25, -0.2) is 5.43 Å². The Morgan fingerprint density at radius 1 is 1.27 bits per heavy atom. The monoisotopic (exact) mass is 375 g/mol. The highest BCUT2D eigenvalue weighted by atomic mass is 35.5. The number of carbonyl (C=O) groups is 1. The molecule has 3 rings (SSSR count). The molecule has 0 aromatic heterocycles. The summed E-state index contributed by atoms with van der Waals surface area (Å²) in [5.74, 6) is 1.70. The van der Waals surface area contributed by atoms with Crippen LogP contribution < -0.4 is 25.0 Å². The van der Waals surface area contributed by atoms with Crippen molar-refractivity contribution in [1.82, 2.24) is 5.43 Å². The highest BCUT2D eigenvalue weighted by Crippen LogP contribution is 2.34. The number of halogens is 1.